The number of benzene rings is 3. The number of carboxylic acids is 1. The van der Waals surface area contributed by atoms with Gasteiger partial charge in [-0.1, -0.05) is 66.2 Å². The number of nitrogens with zero attached hydrogens (tertiary/aromatic N) is 2. The normalized spacial score (nSPS) is 10.8. The summed E-state index contributed by atoms with van der Waals surface area (Å²) >= 11 is 6.65. The molecular weight excluding hydrogens is 402 g/mol. The fourth-order valence-corrected chi connectivity index (χ4v) is 3.38. The van der Waals surface area contributed by atoms with Gasteiger partial charge in [0.05, 0.1) is 17.1 Å². The number of hydrogen-bond donors (Lipinski definition) is 2. The average molecular weight is 420 g/mol. The van der Waals surface area contributed by atoms with Crippen LogP contribution in [0.25, 0.3) is 34.0 Å². The number of carboxylic acid groups (broad SMARTS) is 1. The lowest BCUT2D eigenvalue weighted by Gasteiger charge is -2.07. The number of carbonyl (C=O) groups is 1. The molecule has 0 saturated heterocycles. The molecule has 0 unspecified atom stereocenters. The highest BCUT2D eigenvalue weighted by molar-refractivity contribution is 6.35. The van der Waals surface area contributed by atoms with Crippen LogP contribution in [0.5, 0.6) is 0 Å². The molecule has 1 aromatic heterocycles. The summed E-state index contributed by atoms with van der Waals surface area (Å²) in [5.74, 6) is -0.156. The van der Waals surface area contributed by atoms with Crippen LogP contribution in [-0.2, 0) is 11.3 Å². The molecule has 0 aliphatic carbocycles. The lowest BCUT2D eigenvalue weighted by atomic mass is 10.0. The lowest BCUT2D eigenvalue weighted by molar-refractivity contribution is -0.135. The molecule has 0 spiro atoms. The molecule has 0 bridgehead atoms. The smallest absolute Gasteiger partial charge is 0.317 e. The second kappa shape index (κ2) is 8.90. The van der Waals surface area contributed by atoms with Crippen molar-refractivity contribution >= 4 is 17.6 Å². The van der Waals surface area contributed by atoms with E-state index in [1.807, 2.05) is 72.8 Å². The highest BCUT2D eigenvalue weighted by atomic mass is 35.5. The molecule has 4 aromatic rings. The summed E-state index contributed by atoms with van der Waals surface area (Å²) in [5.41, 5.74) is 4.31. The van der Waals surface area contributed by atoms with Crippen LogP contribution in [0.2, 0.25) is 5.02 Å². The molecule has 30 heavy (non-hydrogen) atoms. The Labute approximate surface area is 178 Å². The van der Waals surface area contributed by atoms with E-state index in [1.165, 1.54) is 0 Å². The Morgan fingerprint density at radius 1 is 0.867 bits per heavy atom. The van der Waals surface area contributed by atoms with Crippen molar-refractivity contribution in [2.75, 3.05) is 6.54 Å². The first-order valence-electron chi connectivity index (χ1n) is 9.31. The van der Waals surface area contributed by atoms with Crippen molar-refractivity contribution in [3.63, 3.8) is 0 Å². The van der Waals surface area contributed by atoms with Gasteiger partial charge in [-0.3, -0.25) is 4.79 Å². The number of nitrogens with one attached hydrogen (secondary N) is 1. The van der Waals surface area contributed by atoms with E-state index in [0.29, 0.717) is 28.9 Å². The van der Waals surface area contributed by atoms with E-state index in [0.717, 1.165) is 22.3 Å². The van der Waals surface area contributed by atoms with Crippen molar-refractivity contribution in [1.29, 1.82) is 0 Å². The fraction of sp³-hybridized carbons (Fsp3) is 0.0870. The molecule has 0 saturated carbocycles. The molecule has 150 valence electrons. The van der Waals surface area contributed by atoms with Gasteiger partial charge in [0.25, 0.3) is 0 Å². The molecule has 0 amide bonds. The fourth-order valence-electron chi connectivity index (χ4n) is 3.07. The third-order valence-electron chi connectivity index (χ3n) is 4.55. The minimum atomic E-state index is -0.889. The summed E-state index contributed by atoms with van der Waals surface area (Å²) in [7, 11) is 0. The first-order chi connectivity index (χ1) is 14.6. The van der Waals surface area contributed by atoms with Crippen molar-refractivity contribution in [1.82, 2.24) is 15.5 Å². The number of aromatic nitrogens is 2. The number of halogens is 1. The minimum Gasteiger partial charge on any atom is -0.480 e. The third-order valence-corrected chi connectivity index (χ3v) is 4.95. The Bertz CT molecular complexity index is 1160. The van der Waals surface area contributed by atoms with Gasteiger partial charge in [-0.2, -0.15) is 0 Å². The second-order valence-electron chi connectivity index (χ2n) is 6.64. The Morgan fingerprint density at radius 2 is 1.57 bits per heavy atom. The summed E-state index contributed by atoms with van der Waals surface area (Å²) in [6.07, 6.45) is 0. The molecule has 4 rings (SSSR count). The van der Waals surface area contributed by atoms with Crippen LogP contribution in [0.15, 0.2) is 77.2 Å². The van der Waals surface area contributed by atoms with Crippen molar-refractivity contribution in [2.24, 2.45) is 0 Å². The molecule has 0 fully saturated rings. The molecule has 7 heteroatoms. The third kappa shape index (κ3) is 4.40. The van der Waals surface area contributed by atoms with Crippen molar-refractivity contribution < 1.29 is 14.3 Å². The van der Waals surface area contributed by atoms with Gasteiger partial charge < -0.3 is 14.8 Å². The van der Waals surface area contributed by atoms with Gasteiger partial charge in [-0.15, -0.1) is 10.2 Å². The van der Waals surface area contributed by atoms with Gasteiger partial charge in [0.2, 0.25) is 11.8 Å². The number of hydrogen-bond acceptors (Lipinski definition) is 5. The molecule has 0 aliphatic rings. The van der Waals surface area contributed by atoms with E-state index in [2.05, 4.69) is 15.5 Å². The first kappa shape index (κ1) is 19.8. The van der Waals surface area contributed by atoms with Crippen molar-refractivity contribution in [3.8, 4) is 34.0 Å². The Kier molecular flexibility index (Phi) is 5.88. The van der Waals surface area contributed by atoms with Gasteiger partial charge >= 0.3 is 5.97 Å². The van der Waals surface area contributed by atoms with Crippen molar-refractivity contribution in [2.45, 2.75) is 6.54 Å². The van der Waals surface area contributed by atoms with Gasteiger partial charge in [0, 0.05) is 17.7 Å². The van der Waals surface area contributed by atoms with Crippen molar-refractivity contribution in [3.05, 3.63) is 83.4 Å². The summed E-state index contributed by atoms with van der Waals surface area (Å²) in [6.45, 7) is 0.376. The molecule has 0 atom stereocenters. The highest BCUT2D eigenvalue weighted by Gasteiger charge is 2.16. The molecular formula is C23H18ClN3O3. The molecule has 1 heterocycles. The Hall–Kier alpha value is -3.48. The van der Waals surface area contributed by atoms with Crippen LogP contribution < -0.4 is 5.32 Å². The molecule has 0 radical (unpaired) electrons. The monoisotopic (exact) mass is 419 g/mol. The summed E-state index contributed by atoms with van der Waals surface area (Å²) in [4.78, 5) is 10.6. The maximum Gasteiger partial charge on any atom is 0.317 e. The Morgan fingerprint density at radius 3 is 2.30 bits per heavy atom. The maximum absolute atomic E-state index is 10.6. The second-order valence-corrected chi connectivity index (χ2v) is 7.02. The van der Waals surface area contributed by atoms with E-state index in [9.17, 15) is 4.79 Å². The summed E-state index contributed by atoms with van der Waals surface area (Å²) in [5, 5.41) is 20.4. The van der Waals surface area contributed by atoms with Gasteiger partial charge in [-0.05, 0) is 29.3 Å². The zero-order valence-electron chi connectivity index (χ0n) is 15.9. The topological polar surface area (TPSA) is 88.2 Å². The zero-order valence-corrected chi connectivity index (χ0v) is 16.6. The Balaban J connectivity index is 1.56. The van der Waals surface area contributed by atoms with E-state index in [4.69, 9.17) is 21.1 Å². The predicted molar refractivity (Wildman–Crippen MR) is 115 cm³/mol. The van der Waals surface area contributed by atoms with Gasteiger partial charge in [0.1, 0.15) is 0 Å². The summed E-state index contributed by atoms with van der Waals surface area (Å²) in [6, 6.07) is 23.1. The van der Waals surface area contributed by atoms with Gasteiger partial charge in [0.15, 0.2) is 0 Å². The van der Waals surface area contributed by atoms with E-state index >= 15 is 0 Å². The molecule has 2 N–H and O–H groups in total. The first-order valence-corrected chi connectivity index (χ1v) is 9.69. The van der Waals surface area contributed by atoms with E-state index < -0.39 is 5.97 Å². The van der Waals surface area contributed by atoms with Gasteiger partial charge in [-0.25, -0.2) is 0 Å². The summed E-state index contributed by atoms with van der Waals surface area (Å²) < 4.78 is 5.88. The predicted octanol–water partition coefficient (Wildman–Crippen LogP) is 4.90. The quantitative estimate of drug-likeness (QED) is 0.443. The zero-order chi connectivity index (χ0) is 20.9. The lowest BCUT2D eigenvalue weighted by Crippen LogP contribution is -2.21. The van der Waals surface area contributed by atoms with Crippen LogP contribution in [0, 0.1) is 0 Å². The number of aliphatic carboxylic acids is 1. The van der Waals surface area contributed by atoms with E-state index in [-0.39, 0.29) is 6.54 Å². The number of rotatable bonds is 7. The highest BCUT2D eigenvalue weighted by Crippen LogP contribution is 2.36. The largest absolute Gasteiger partial charge is 0.480 e. The molecule has 0 aliphatic heterocycles. The van der Waals surface area contributed by atoms with E-state index in [1.54, 1.807) is 0 Å². The molecule has 6 nitrogen and oxygen atoms in total. The average Bonchev–Trinajstić information content (AvgIpc) is 3.25. The van der Waals surface area contributed by atoms with Crippen LogP contribution in [-0.4, -0.2) is 27.8 Å². The van der Waals surface area contributed by atoms with Crippen LogP contribution in [0.3, 0.4) is 0 Å². The standard InChI is InChI=1S/C23H18ClN3O3/c24-21-18(16-5-2-1-3-6-16)7-4-8-19(21)23-27-26-22(30-23)17-11-9-15(10-12-17)13-25-14-20(28)29/h1-12,25H,13-14H2,(H,28,29). The van der Waals surface area contributed by atoms with Crippen LogP contribution >= 0.6 is 11.6 Å². The van der Waals surface area contributed by atoms with Crippen LogP contribution in [0.4, 0.5) is 0 Å². The maximum atomic E-state index is 10.6. The minimum absolute atomic E-state index is 0.0857. The SMILES string of the molecule is O=C(O)CNCc1ccc(-c2nnc(-c3cccc(-c4ccccc4)c3Cl)o2)cc1. The molecule has 3 aromatic carbocycles. The van der Waals surface area contributed by atoms with Crippen LogP contribution in [0.1, 0.15) is 5.56 Å².